The maximum atomic E-state index is 10.9. The van der Waals surface area contributed by atoms with Gasteiger partial charge in [-0.1, -0.05) is 12.2 Å². The summed E-state index contributed by atoms with van der Waals surface area (Å²) in [5.41, 5.74) is 5.23. The highest BCUT2D eigenvalue weighted by Crippen LogP contribution is 1.89. The molecule has 72 valence electrons. The summed E-state index contributed by atoms with van der Waals surface area (Å²) in [4.78, 5) is 0.422. The lowest BCUT2D eigenvalue weighted by Crippen LogP contribution is -2.26. The summed E-state index contributed by atoms with van der Waals surface area (Å²) in [5.74, 6) is 0.111. The molecular formula is C6H14N2O2S2. The summed E-state index contributed by atoms with van der Waals surface area (Å²) >= 11 is 4.63. The summed E-state index contributed by atoms with van der Waals surface area (Å²) in [6.07, 6.45) is 1.25. The molecule has 0 aromatic heterocycles. The molecule has 0 saturated carbocycles. The molecule has 0 heterocycles. The second kappa shape index (κ2) is 5.45. The monoisotopic (exact) mass is 210 g/mol. The zero-order valence-electron chi connectivity index (χ0n) is 7.04. The minimum Gasteiger partial charge on any atom is -0.393 e. The lowest BCUT2D eigenvalue weighted by atomic mass is 10.3. The Kier molecular flexibility index (Phi) is 5.36. The average Bonchev–Trinajstić information content (AvgIpc) is 1.98. The zero-order valence-corrected chi connectivity index (χ0v) is 8.67. The molecule has 3 N–H and O–H groups in total. The van der Waals surface area contributed by atoms with Crippen LogP contribution in [0.5, 0.6) is 0 Å². The van der Waals surface area contributed by atoms with Crippen LogP contribution < -0.4 is 10.5 Å². The van der Waals surface area contributed by atoms with Crippen LogP contribution in [0.4, 0.5) is 0 Å². The van der Waals surface area contributed by atoms with Gasteiger partial charge in [0.15, 0.2) is 0 Å². The van der Waals surface area contributed by atoms with Crippen molar-refractivity contribution in [2.45, 2.75) is 19.8 Å². The smallest absolute Gasteiger partial charge is 0.211 e. The lowest BCUT2D eigenvalue weighted by Gasteiger charge is -2.02. The van der Waals surface area contributed by atoms with Gasteiger partial charge in [0.25, 0.3) is 0 Å². The van der Waals surface area contributed by atoms with Gasteiger partial charge >= 0.3 is 0 Å². The van der Waals surface area contributed by atoms with Gasteiger partial charge in [-0.25, -0.2) is 13.1 Å². The number of nitrogens with one attached hydrogen (secondary N) is 1. The Labute approximate surface area is 78.6 Å². The molecule has 4 nitrogen and oxygen atoms in total. The van der Waals surface area contributed by atoms with Crippen molar-refractivity contribution in [3.05, 3.63) is 0 Å². The van der Waals surface area contributed by atoms with Crippen LogP contribution >= 0.6 is 12.2 Å². The minimum absolute atomic E-state index is 0.111. The van der Waals surface area contributed by atoms with Gasteiger partial charge < -0.3 is 5.73 Å². The molecular weight excluding hydrogens is 196 g/mol. The van der Waals surface area contributed by atoms with Gasteiger partial charge in [0.2, 0.25) is 10.0 Å². The Bertz CT molecular complexity index is 236. The number of thiocarbonyl (C=S) groups is 1. The first-order valence-corrected chi connectivity index (χ1v) is 5.79. The van der Waals surface area contributed by atoms with Gasteiger partial charge in [0.1, 0.15) is 0 Å². The van der Waals surface area contributed by atoms with Crippen LogP contribution in [0.3, 0.4) is 0 Å². The van der Waals surface area contributed by atoms with E-state index in [-0.39, 0.29) is 5.75 Å². The largest absolute Gasteiger partial charge is 0.393 e. The van der Waals surface area contributed by atoms with Crippen molar-refractivity contribution in [2.75, 3.05) is 12.3 Å². The molecule has 0 spiro atoms. The van der Waals surface area contributed by atoms with Crippen LogP contribution in [-0.2, 0) is 10.0 Å². The van der Waals surface area contributed by atoms with Gasteiger partial charge in [-0.05, 0) is 19.8 Å². The molecule has 6 heteroatoms. The number of hydrogen-bond donors (Lipinski definition) is 2. The summed E-state index contributed by atoms with van der Waals surface area (Å²) in [5, 5.41) is 0. The maximum Gasteiger partial charge on any atom is 0.211 e. The van der Waals surface area contributed by atoms with Crippen molar-refractivity contribution >= 4 is 27.2 Å². The van der Waals surface area contributed by atoms with Crippen molar-refractivity contribution in [3.8, 4) is 0 Å². The Hall–Kier alpha value is -0.200. The molecule has 0 bridgehead atoms. The number of sulfonamides is 1. The molecule has 0 rings (SSSR count). The fourth-order valence-corrected chi connectivity index (χ4v) is 1.40. The van der Waals surface area contributed by atoms with Crippen molar-refractivity contribution in [3.63, 3.8) is 0 Å². The van der Waals surface area contributed by atoms with Crippen molar-refractivity contribution in [1.82, 2.24) is 4.72 Å². The average molecular weight is 210 g/mol. The Morgan fingerprint density at radius 2 is 2.17 bits per heavy atom. The van der Waals surface area contributed by atoms with E-state index in [4.69, 9.17) is 5.73 Å². The van der Waals surface area contributed by atoms with Gasteiger partial charge in [0, 0.05) is 6.54 Å². The molecule has 0 aliphatic heterocycles. The summed E-state index contributed by atoms with van der Waals surface area (Å²) in [6.45, 7) is 2.00. The normalized spacial score (nSPS) is 11.4. The third-order valence-electron chi connectivity index (χ3n) is 1.30. The number of hydrogen-bond acceptors (Lipinski definition) is 3. The van der Waals surface area contributed by atoms with E-state index in [2.05, 4.69) is 16.9 Å². The molecule has 0 aromatic carbocycles. The van der Waals surface area contributed by atoms with Crippen LogP contribution in [-0.4, -0.2) is 25.7 Å². The topological polar surface area (TPSA) is 72.2 Å². The highest BCUT2D eigenvalue weighted by molar-refractivity contribution is 7.89. The summed E-state index contributed by atoms with van der Waals surface area (Å²) < 4.78 is 24.2. The Balaban J connectivity index is 3.51. The first-order valence-electron chi connectivity index (χ1n) is 3.73. The van der Waals surface area contributed by atoms with Gasteiger partial charge in [-0.3, -0.25) is 0 Å². The fourth-order valence-electron chi connectivity index (χ4n) is 0.592. The maximum absolute atomic E-state index is 10.9. The molecule has 0 atom stereocenters. The van der Waals surface area contributed by atoms with Crippen LogP contribution in [0.15, 0.2) is 0 Å². The van der Waals surface area contributed by atoms with Crippen molar-refractivity contribution in [1.29, 1.82) is 0 Å². The first kappa shape index (κ1) is 11.8. The van der Waals surface area contributed by atoms with Crippen LogP contribution in [0.1, 0.15) is 19.8 Å². The molecule has 0 fully saturated rings. The lowest BCUT2D eigenvalue weighted by molar-refractivity contribution is 0.581. The number of rotatable bonds is 6. The predicted molar refractivity (Wildman–Crippen MR) is 53.5 cm³/mol. The highest BCUT2D eigenvalue weighted by Gasteiger charge is 2.03. The van der Waals surface area contributed by atoms with Crippen LogP contribution in [0, 0.1) is 0 Å². The van der Waals surface area contributed by atoms with Crippen molar-refractivity contribution in [2.24, 2.45) is 5.73 Å². The minimum atomic E-state index is -3.05. The molecule has 0 aliphatic carbocycles. The Morgan fingerprint density at radius 3 is 2.58 bits per heavy atom. The molecule has 12 heavy (non-hydrogen) atoms. The molecule has 0 saturated heterocycles. The molecule has 0 aromatic rings. The van der Waals surface area contributed by atoms with E-state index in [0.29, 0.717) is 24.4 Å². The molecule has 0 radical (unpaired) electrons. The standard InChI is InChI=1S/C6H14N2O2S2/c1-2-12(9,10)8-5-3-4-6(7)11/h8H,2-5H2,1H3,(H2,7,11). The first-order chi connectivity index (χ1) is 5.48. The van der Waals surface area contributed by atoms with Gasteiger partial charge in [0.05, 0.1) is 10.7 Å². The summed E-state index contributed by atoms with van der Waals surface area (Å²) in [6, 6.07) is 0. The van der Waals surface area contributed by atoms with Gasteiger partial charge in [-0.2, -0.15) is 0 Å². The van der Waals surface area contributed by atoms with E-state index < -0.39 is 10.0 Å². The molecule has 0 amide bonds. The van der Waals surface area contributed by atoms with Crippen LogP contribution in [0.2, 0.25) is 0 Å². The second-order valence-electron chi connectivity index (χ2n) is 2.37. The van der Waals surface area contributed by atoms with E-state index in [1.165, 1.54) is 0 Å². The second-order valence-corrected chi connectivity index (χ2v) is 4.99. The number of nitrogens with two attached hydrogens (primary N) is 1. The fraction of sp³-hybridized carbons (Fsp3) is 0.833. The van der Waals surface area contributed by atoms with Crippen LogP contribution in [0.25, 0.3) is 0 Å². The van der Waals surface area contributed by atoms with E-state index in [0.717, 1.165) is 0 Å². The predicted octanol–water partition coefficient (Wildman–Crippen LogP) is -0.00800. The zero-order chi connectivity index (χ0) is 9.61. The summed E-state index contributed by atoms with van der Waals surface area (Å²) in [7, 11) is -3.05. The Morgan fingerprint density at radius 1 is 1.58 bits per heavy atom. The highest BCUT2D eigenvalue weighted by atomic mass is 32.2. The van der Waals surface area contributed by atoms with E-state index in [1.807, 2.05) is 0 Å². The van der Waals surface area contributed by atoms with E-state index >= 15 is 0 Å². The molecule has 0 aliphatic rings. The van der Waals surface area contributed by atoms with Gasteiger partial charge in [-0.15, -0.1) is 0 Å². The van der Waals surface area contributed by atoms with E-state index in [1.54, 1.807) is 6.92 Å². The van der Waals surface area contributed by atoms with E-state index in [9.17, 15) is 8.42 Å². The van der Waals surface area contributed by atoms with Crippen molar-refractivity contribution < 1.29 is 8.42 Å². The SMILES string of the molecule is CCS(=O)(=O)NCCCC(N)=S. The molecule has 0 unspecified atom stereocenters. The third-order valence-corrected chi connectivity index (χ3v) is 2.91. The third kappa shape index (κ3) is 6.51. The quantitative estimate of drug-likeness (QED) is 0.478.